The summed E-state index contributed by atoms with van der Waals surface area (Å²) in [5.74, 6) is 8.25. The zero-order chi connectivity index (χ0) is 26.1. The molecule has 5 heteroatoms. The summed E-state index contributed by atoms with van der Waals surface area (Å²) in [7, 11) is -3.84. The van der Waals surface area contributed by atoms with E-state index in [2.05, 4.69) is 98.6 Å². The van der Waals surface area contributed by atoms with Crippen molar-refractivity contribution in [2.75, 3.05) is 0 Å². The van der Waals surface area contributed by atoms with Gasteiger partial charge in [-0.25, -0.2) is 0 Å². The van der Waals surface area contributed by atoms with Crippen molar-refractivity contribution in [2.45, 2.75) is 130 Å². The zero-order valence-electron chi connectivity index (χ0n) is 24.2. The first kappa shape index (κ1) is 29.6. The van der Waals surface area contributed by atoms with Gasteiger partial charge in [-0.05, 0) is 67.4 Å². The van der Waals surface area contributed by atoms with Crippen LogP contribution >= 0.6 is 0 Å². The Labute approximate surface area is 213 Å². The summed E-state index contributed by atoms with van der Waals surface area (Å²) in [6.45, 7) is 27.3. The lowest BCUT2D eigenvalue weighted by atomic mass is 9.89. The Morgan fingerprint density at radius 2 is 1.62 bits per heavy atom. The first-order valence-corrected chi connectivity index (χ1v) is 19.2. The van der Waals surface area contributed by atoms with Crippen LogP contribution in [0.3, 0.4) is 0 Å². The van der Waals surface area contributed by atoms with Gasteiger partial charge in [-0.3, -0.25) is 4.79 Å². The number of Topliss-reactive ketones (excluding diaryl/α,β-unsaturated/α-hetero) is 1. The second-order valence-electron chi connectivity index (χ2n) is 13.9. The number of rotatable bonds is 8. The number of hydrogen-bond donors (Lipinski definition) is 0. The summed E-state index contributed by atoms with van der Waals surface area (Å²) in [6.07, 6.45) is 8.24. The van der Waals surface area contributed by atoms with E-state index in [0.717, 1.165) is 19.3 Å². The van der Waals surface area contributed by atoms with Crippen LogP contribution in [-0.2, 0) is 13.6 Å². The number of carbonyl (C=O) groups excluding carboxylic acids is 1. The van der Waals surface area contributed by atoms with Gasteiger partial charge in [0, 0.05) is 25.2 Å². The molecule has 194 valence electrons. The van der Waals surface area contributed by atoms with Gasteiger partial charge in [-0.15, -0.1) is 11.8 Å². The first-order valence-electron chi connectivity index (χ1n) is 13.3. The molecule has 2 rings (SSSR count). The smallest absolute Gasteiger partial charge is 0.192 e. The van der Waals surface area contributed by atoms with E-state index in [0.29, 0.717) is 35.9 Å². The Balaban J connectivity index is 2.34. The highest BCUT2D eigenvalue weighted by molar-refractivity contribution is 6.74. The topological polar surface area (TPSA) is 35.5 Å². The summed E-state index contributed by atoms with van der Waals surface area (Å²) in [6, 6.07) is 0. The zero-order valence-corrected chi connectivity index (χ0v) is 26.2. The van der Waals surface area contributed by atoms with E-state index in [1.54, 1.807) is 0 Å². The lowest BCUT2D eigenvalue weighted by molar-refractivity contribution is -0.118. The van der Waals surface area contributed by atoms with Crippen LogP contribution in [0.1, 0.15) is 81.1 Å². The Hall–Kier alpha value is -0.676. The van der Waals surface area contributed by atoms with E-state index in [4.69, 9.17) is 8.85 Å². The number of carbonyl (C=O) groups is 1. The molecule has 0 aromatic rings. The molecule has 0 aromatic heterocycles. The van der Waals surface area contributed by atoms with Crippen molar-refractivity contribution in [2.24, 2.45) is 23.7 Å². The average Bonchev–Trinajstić information content (AvgIpc) is 3.16. The van der Waals surface area contributed by atoms with Gasteiger partial charge in [0.25, 0.3) is 0 Å². The minimum Gasteiger partial charge on any atom is -0.413 e. The largest absolute Gasteiger partial charge is 0.413 e. The van der Waals surface area contributed by atoms with Crippen LogP contribution in [0.25, 0.3) is 0 Å². The standard InChI is InChI=1S/C29H52O3Si2/c1-13-14-15-21(2)26(31-33(9,10)28(3,4)5)17-16-24-25-20-23(30)18-22(25)19-27(24)32-34(11,12)29(6,7)8/h16-17,21-22,24-27H,15,18-20H2,1-12H3/b17-16+/t21?,22-,24+,25-,26+,27+/m0/s1. The van der Waals surface area contributed by atoms with Gasteiger partial charge in [-0.2, -0.15) is 0 Å². The lowest BCUT2D eigenvalue weighted by Crippen LogP contribution is -2.45. The molecule has 3 nitrogen and oxygen atoms in total. The maximum absolute atomic E-state index is 12.3. The molecule has 1 unspecified atom stereocenters. The second-order valence-corrected chi connectivity index (χ2v) is 23.4. The quantitative estimate of drug-likeness (QED) is 0.191. The highest BCUT2D eigenvalue weighted by atomic mass is 28.4. The first-order chi connectivity index (χ1) is 15.4. The fourth-order valence-electron chi connectivity index (χ4n) is 4.82. The number of hydrogen-bond acceptors (Lipinski definition) is 3. The molecule has 2 fully saturated rings. The van der Waals surface area contributed by atoms with Crippen molar-refractivity contribution in [1.29, 1.82) is 0 Å². The van der Waals surface area contributed by atoms with Crippen LogP contribution in [0.5, 0.6) is 0 Å². The molecule has 0 aliphatic heterocycles. The molecule has 2 aliphatic carbocycles. The molecule has 0 N–H and O–H groups in total. The van der Waals surface area contributed by atoms with Gasteiger partial charge < -0.3 is 8.85 Å². The highest BCUT2D eigenvalue weighted by Crippen LogP contribution is 2.50. The van der Waals surface area contributed by atoms with Crippen molar-refractivity contribution in [3.05, 3.63) is 12.2 Å². The monoisotopic (exact) mass is 504 g/mol. The van der Waals surface area contributed by atoms with Gasteiger partial charge in [0.1, 0.15) is 5.78 Å². The maximum Gasteiger partial charge on any atom is 0.192 e. The van der Waals surface area contributed by atoms with Crippen LogP contribution in [-0.4, -0.2) is 34.6 Å². The normalized spacial score (nSPS) is 28.1. The van der Waals surface area contributed by atoms with Crippen molar-refractivity contribution in [1.82, 2.24) is 0 Å². The summed E-state index contributed by atoms with van der Waals surface area (Å²) in [5, 5.41) is 0.329. The van der Waals surface area contributed by atoms with E-state index in [-0.39, 0.29) is 22.3 Å². The van der Waals surface area contributed by atoms with E-state index in [1.165, 1.54) is 0 Å². The molecule has 2 saturated carbocycles. The van der Waals surface area contributed by atoms with E-state index >= 15 is 0 Å². The van der Waals surface area contributed by atoms with E-state index < -0.39 is 16.6 Å². The van der Waals surface area contributed by atoms with Crippen LogP contribution < -0.4 is 0 Å². The number of ketones is 1. The molecule has 6 atom stereocenters. The molecule has 0 spiro atoms. The second kappa shape index (κ2) is 10.7. The van der Waals surface area contributed by atoms with Gasteiger partial charge in [-0.1, -0.05) is 60.6 Å². The predicted molar refractivity (Wildman–Crippen MR) is 150 cm³/mol. The Morgan fingerprint density at radius 1 is 1.03 bits per heavy atom. The maximum atomic E-state index is 12.3. The Bertz CT molecular complexity index is 804. The summed E-state index contributed by atoms with van der Waals surface area (Å²) in [4.78, 5) is 12.3. The lowest BCUT2D eigenvalue weighted by Gasteiger charge is -2.41. The van der Waals surface area contributed by atoms with E-state index in [9.17, 15) is 4.79 Å². The van der Waals surface area contributed by atoms with Gasteiger partial charge >= 0.3 is 0 Å². The molecule has 0 aromatic carbocycles. The Morgan fingerprint density at radius 3 is 2.15 bits per heavy atom. The highest BCUT2D eigenvalue weighted by Gasteiger charge is 2.50. The van der Waals surface area contributed by atoms with Crippen LogP contribution in [0.4, 0.5) is 0 Å². The fraction of sp³-hybridized carbons (Fsp3) is 0.828. The summed E-state index contributed by atoms with van der Waals surface area (Å²) < 4.78 is 13.9. The van der Waals surface area contributed by atoms with E-state index in [1.807, 2.05) is 6.92 Å². The third kappa shape index (κ3) is 6.96. The minimum atomic E-state index is -1.94. The average molecular weight is 505 g/mol. The molecule has 34 heavy (non-hydrogen) atoms. The van der Waals surface area contributed by atoms with Gasteiger partial charge in [0.05, 0.1) is 12.2 Å². The summed E-state index contributed by atoms with van der Waals surface area (Å²) in [5.41, 5.74) is 0. The molecular formula is C29H52O3Si2. The van der Waals surface area contributed by atoms with Gasteiger partial charge in [0.2, 0.25) is 0 Å². The third-order valence-electron chi connectivity index (χ3n) is 9.19. The SMILES string of the molecule is CC#CCC(C)[C@@H](/C=C/[C@@H]1[C@H]2CC(=O)C[C@H]2C[C@H]1O[Si](C)(C)C(C)(C)C)O[Si](C)(C)C(C)(C)C. The molecule has 2 aliphatic rings. The molecule has 0 bridgehead atoms. The van der Waals surface area contributed by atoms with Crippen LogP contribution in [0.15, 0.2) is 12.2 Å². The van der Waals surface area contributed by atoms with Crippen LogP contribution in [0.2, 0.25) is 36.3 Å². The molecule has 0 amide bonds. The fourth-order valence-corrected chi connectivity index (χ4v) is 7.53. The summed E-state index contributed by atoms with van der Waals surface area (Å²) >= 11 is 0. The van der Waals surface area contributed by atoms with Crippen molar-refractivity contribution >= 4 is 22.4 Å². The molecular weight excluding hydrogens is 452 g/mol. The molecule has 0 saturated heterocycles. The number of fused-ring (bicyclic) bond motifs is 1. The molecule has 0 radical (unpaired) electrons. The van der Waals surface area contributed by atoms with Crippen molar-refractivity contribution in [3.63, 3.8) is 0 Å². The minimum absolute atomic E-state index is 0.0337. The van der Waals surface area contributed by atoms with Crippen molar-refractivity contribution in [3.8, 4) is 11.8 Å². The van der Waals surface area contributed by atoms with Crippen LogP contribution in [0, 0.1) is 35.5 Å². The van der Waals surface area contributed by atoms with Gasteiger partial charge in [0.15, 0.2) is 16.6 Å². The predicted octanol–water partition coefficient (Wildman–Crippen LogP) is 7.99. The molecule has 0 heterocycles. The van der Waals surface area contributed by atoms with Crippen molar-refractivity contribution < 1.29 is 13.6 Å². The third-order valence-corrected chi connectivity index (χ3v) is 18.2. The Kier molecular flexibility index (Phi) is 9.34.